The summed E-state index contributed by atoms with van der Waals surface area (Å²) in [5.41, 5.74) is 2.28. The van der Waals surface area contributed by atoms with Crippen molar-refractivity contribution >= 4 is 26.8 Å². The summed E-state index contributed by atoms with van der Waals surface area (Å²) in [6.45, 7) is 0.773. The van der Waals surface area contributed by atoms with Crippen molar-refractivity contribution in [1.29, 1.82) is 0 Å². The zero-order chi connectivity index (χ0) is 40.6. The van der Waals surface area contributed by atoms with Gasteiger partial charge in [-0.3, -0.25) is 18.8 Å². The van der Waals surface area contributed by atoms with Gasteiger partial charge >= 0.3 is 0 Å². The van der Waals surface area contributed by atoms with Crippen molar-refractivity contribution in [2.75, 3.05) is 40.5 Å². The van der Waals surface area contributed by atoms with Gasteiger partial charge in [0, 0.05) is 37.7 Å². The number of carbonyl (C=O) groups is 1. The standard InChI is InChI=1S/C42H40F2N6O7S/c1-55-37-4-3-5-38(56-2)40(37)28-8-13-33-35(23-28)46-41(50(42(33)52)31-9-11-32(12-10-31)58(53,54)49-16-18-57-19-17-49)36(22-26-20-29(43)24-30(44)21-26)45-39(51)25-48-15-14-34(47-48)27-6-7-27/h3-5,8-15,20-21,23-24,27,36H,6-7,16-19,22,25H2,1-2H3,(H,45,51)/t36-/m0/s1. The van der Waals surface area contributed by atoms with E-state index in [4.69, 9.17) is 19.2 Å². The molecule has 1 saturated carbocycles. The molecule has 1 aliphatic carbocycles. The fourth-order valence-electron chi connectivity index (χ4n) is 7.30. The summed E-state index contributed by atoms with van der Waals surface area (Å²) in [5, 5.41) is 7.73. The van der Waals surface area contributed by atoms with Gasteiger partial charge in [-0.05, 0) is 90.7 Å². The molecule has 2 aliphatic rings. The van der Waals surface area contributed by atoms with Crippen molar-refractivity contribution in [3.05, 3.63) is 130 Å². The molecular formula is C42H40F2N6O7S. The lowest BCUT2D eigenvalue weighted by Crippen LogP contribution is -2.40. The van der Waals surface area contributed by atoms with Crippen LogP contribution in [0.4, 0.5) is 8.78 Å². The van der Waals surface area contributed by atoms with Gasteiger partial charge in [-0.15, -0.1) is 0 Å². The zero-order valence-corrected chi connectivity index (χ0v) is 32.5. The Morgan fingerprint density at radius 1 is 0.931 bits per heavy atom. The summed E-state index contributed by atoms with van der Waals surface area (Å²) >= 11 is 0. The predicted molar refractivity (Wildman–Crippen MR) is 211 cm³/mol. The van der Waals surface area contributed by atoms with E-state index in [2.05, 4.69) is 10.4 Å². The highest BCUT2D eigenvalue weighted by atomic mass is 32.2. The lowest BCUT2D eigenvalue weighted by Gasteiger charge is -2.26. The van der Waals surface area contributed by atoms with Crippen molar-refractivity contribution in [2.24, 2.45) is 0 Å². The van der Waals surface area contributed by atoms with Gasteiger partial charge in [-0.25, -0.2) is 22.2 Å². The van der Waals surface area contributed by atoms with E-state index in [-0.39, 0.29) is 72.1 Å². The molecule has 300 valence electrons. The first-order chi connectivity index (χ1) is 28.0. The third-order valence-electron chi connectivity index (χ3n) is 10.3. The zero-order valence-electron chi connectivity index (χ0n) is 31.7. The number of nitrogens with zero attached hydrogens (tertiary/aromatic N) is 5. The maximum absolute atomic E-state index is 14.8. The number of aromatic nitrogens is 4. The number of nitrogens with one attached hydrogen (secondary N) is 1. The molecule has 2 aromatic heterocycles. The first kappa shape index (κ1) is 38.9. The average Bonchev–Trinajstić information content (AvgIpc) is 3.97. The summed E-state index contributed by atoms with van der Waals surface area (Å²) in [6.07, 6.45) is 3.61. The van der Waals surface area contributed by atoms with Gasteiger partial charge in [-0.1, -0.05) is 12.1 Å². The number of methoxy groups -OCH3 is 2. The molecule has 1 aliphatic heterocycles. The van der Waals surface area contributed by atoms with E-state index in [0.717, 1.165) is 36.7 Å². The Kier molecular flexibility index (Phi) is 10.8. The van der Waals surface area contributed by atoms with Crippen molar-refractivity contribution in [1.82, 2.24) is 29.0 Å². The molecule has 8 rings (SSSR count). The van der Waals surface area contributed by atoms with E-state index < -0.39 is 39.2 Å². The van der Waals surface area contributed by atoms with E-state index in [9.17, 15) is 26.8 Å². The highest BCUT2D eigenvalue weighted by Crippen LogP contribution is 2.40. The molecule has 13 nitrogen and oxygen atoms in total. The van der Waals surface area contributed by atoms with E-state index in [1.54, 1.807) is 42.6 Å². The minimum atomic E-state index is -3.88. The monoisotopic (exact) mass is 810 g/mol. The van der Waals surface area contributed by atoms with Gasteiger partial charge in [0.2, 0.25) is 15.9 Å². The third-order valence-corrected chi connectivity index (χ3v) is 12.2. The summed E-state index contributed by atoms with van der Waals surface area (Å²) in [6, 6.07) is 20.0. The average molecular weight is 811 g/mol. The Morgan fingerprint density at radius 3 is 2.28 bits per heavy atom. The Bertz CT molecular complexity index is 2630. The van der Waals surface area contributed by atoms with Crippen molar-refractivity contribution in [3.8, 4) is 28.3 Å². The summed E-state index contributed by atoms with van der Waals surface area (Å²) in [5.74, 6) is -0.703. The van der Waals surface area contributed by atoms with E-state index in [1.807, 2.05) is 6.07 Å². The number of fused-ring (bicyclic) bond motifs is 1. The minimum Gasteiger partial charge on any atom is -0.496 e. The van der Waals surface area contributed by atoms with Crippen molar-refractivity contribution in [2.45, 2.75) is 42.7 Å². The van der Waals surface area contributed by atoms with E-state index >= 15 is 0 Å². The molecule has 1 saturated heterocycles. The molecule has 0 unspecified atom stereocenters. The molecule has 6 aromatic rings. The Hall–Kier alpha value is -5.97. The van der Waals surface area contributed by atoms with E-state index in [0.29, 0.717) is 28.5 Å². The van der Waals surface area contributed by atoms with Crippen LogP contribution in [0.3, 0.4) is 0 Å². The first-order valence-electron chi connectivity index (χ1n) is 18.8. The van der Waals surface area contributed by atoms with E-state index in [1.165, 1.54) is 52.0 Å². The molecule has 1 N–H and O–H groups in total. The summed E-state index contributed by atoms with van der Waals surface area (Å²) in [4.78, 5) is 33.7. The van der Waals surface area contributed by atoms with Crippen molar-refractivity contribution < 1.29 is 36.2 Å². The number of amides is 1. The molecule has 2 fully saturated rings. The smallest absolute Gasteiger partial charge is 0.266 e. The van der Waals surface area contributed by atoms with Crippen LogP contribution >= 0.6 is 0 Å². The minimum absolute atomic E-state index is 0.0155. The maximum Gasteiger partial charge on any atom is 0.266 e. The van der Waals surface area contributed by atoms with Gasteiger partial charge < -0.3 is 19.5 Å². The molecular weight excluding hydrogens is 771 g/mol. The number of hydrogen-bond acceptors (Lipinski definition) is 9. The van der Waals surface area contributed by atoms with Gasteiger partial charge in [-0.2, -0.15) is 9.40 Å². The number of sulfonamides is 1. The Morgan fingerprint density at radius 2 is 1.62 bits per heavy atom. The van der Waals surface area contributed by atoms with Gasteiger partial charge in [0.15, 0.2) is 0 Å². The quantitative estimate of drug-likeness (QED) is 0.159. The summed E-state index contributed by atoms with van der Waals surface area (Å²) < 4.78 is 77.1. The number of rotatable bonds is 13. The number of carbonyl (C=O) groups excluding carboxylic acids is 1. The van der Waals surface area contributed by atoms with Crippen LogP contribution in [0.1, 0.15) is 41.9 Å². The topological polar surface area (TPSA) is 147 Å². The van der Waals surface area contributed by atoms with Crippen LogP contribution in [0.2, 0.25) is 0 Å². The Labute approximate surface area is 332 Å². The van der Waals surface area contributed by atoms with Crippen LogP contribution in [0.25, 0.3) is 27.7 Å². The largest absolute Gasteiger partial charge is 0.496 e. The van der Waals surface area contributed by atoms with Gasteiger partial charge in [0.05, 0.1) is 66.2 Å². The maximum atomic E-state index is 14.8. The highest BCUT2D eigenvalue weighted by Gasteiger charge is 2.29. The van der Waals surface area contributed by atoms with Crippen molar-refractivity contribution in [3.63, 3.8) is 0 Å². The van der Waals surface area contributed by atoms with Crippen LogP contribution in [0.5, 0.6) is 11.5 Å². The Balaban J connectivity index is 1.28. The molecule has 1 atom stereocenters. The first-order valence-corrected chi connectivity index (χ1v) is 20.2. The second-order valence-corrected chi connectivity index (χ2v) is 16.1. The van der Waals surface area contributed by atoms with Gasteiger partial charge in [0.1, 0.15) is 35.5 Å². The molecule has 3 heterocycles. The summed E-state index contributed by atoms with van der Waals surface area (Å²) in [7, 11) is -0.812. The fraction of sp³-hybridized carbons (Fsp3) is 0.286. The van der Waals surface area contributed by atoms with Gasteiger partial charge in [0.25, 0.3) is 5.56 Å². The second-order valence-electron chi connectivity index (χ2n) is 14.2. The number of ether oxygens (including phenoxy) is 3. The number of halogens is 2. The van der Waals surface area contributed by atoms with Crippen LogP contribution in [-0.2, 0) is 32.5 Å². The SMILES string of the molecule is COc1cccc(OC)c1-c1ccc2c(=O)n(-c3ccc(S(=O)(=O)N4CCOCC4)cc3)c([C@H](Cc3cc(F)cc(F)c3)NC(=O)Cn3ccc(C4CC4)n3)nc2c1. The lowest BCUT2D eigenvalue weighted by atomic mass is 10.0. The second kappa shape index (κ2) is 16.1. The number of hydrogen-bond donors (Lipinski definition) is 1. The van der Waals surface area contributed by atoms with Crippen LogP contribution < -0.4 is 20.3 Å². The third kappa shape index (κ3) is 7.95. The molecule has 4 aromatic carbocycles. The lowest BCUT2D eigenvalue weighted by molar-refractivity contribution is -0.122. The molecule has 16 heteroatoms. The fourth-order valence-corrected chi connectivity index (χ4v) is 8.71. The molecule has 1 amide bonds. The number of morpholine rings is 1. The predicted octanol–water partition coefficient (Wildman–Crippen LogP) is 5.54. The normalized spacial score (nSPS) is 15.3. The molecule has 0 radical (unpaired) electrons. The molecule has 0 spiro atoms. The number of benzene rings is 4. The van der Waals surface area contributed by atoms with Crippen LogP contribution in [-0.4, -0.2) is 78.5 Å². The molecule has 58 heavy (non-hydrogen) atoms. The molecule has 0 bridgehead atoms. The highest BCUT2D eigenvalue weighted by molar-refractivity contribution is 7.89. The van der Waals surface area contributed by atoms with Crippen LogP contribution in [0, 0.1) is 11.6 Å². The van der Waals surface area contributed by atoms with Crippen LogP contribution in [0.15, 0.2) is 101 Å².